The monoisotopic (exact) mass is 310 g/mol. The number of benzene rings is 2. The Hall–Kier alpha value is -1.55. The van der Waals surface area contributed by atoms with E-state index in [0.29, 0.717) is 22.6 Å². The first kappa shape index (κ1) is 12.9. The van der Waals surface area contributed by atoms with Crippen molar-refractivity contribution in [2.45, 2.75) is 6.61 Å². The molecule has 2 aromatic rings. The van der Waals surface area contributed by atoms with Crippen molar-refractivity contribution in [3.05, 3.63) is 58.3 Å². The number of methoxy groups -OCH3 is 1. The maximum Gasteiger partial charge on any atom is 0.175 e. The highest BCUT2D eigenvalue weighted by Gasteiger charge is 2.11. The first-order chi connectivity index (χ1) is 8.70. The van der Waals surface area contributed by atoms with Crippen molar-refractivity contribution < 1.29 is 13.9 Å². The topological polar surface area (TPSA) is 18.5 Å². The molecular weight excluding hydrogens is 299 g/mol. The van der Waals surface area contributed by atoms with Gasteiger partial charge in [0.1, 0.15) is 12.4 Å². The summed E-state index contributed by atoms with van der Waals surface area (Å²) in [5.74, 6) is 0.506. The molecule has 0 aliphatic rings. The van der Waals surface area contributed by atoms with E-state index >= 15 is 0 Å². The molecule has 18 heavy (non-hydrogen) atoms. The largest absolute Gasteiger partial charge is 0.492 e. The highest BCUT2D eigenvalue weighted by atomic mass is 79.9. The third kappa shape index (κ3) is 3.01. The van der Waals surface area contributed by atoms with E-state index in [0.717, 1.165) is 5.56 Å². The maximum atomic E-state index is 13.3. The highest BCUT2D eigenvalue weighted by molar-refractivity contribution is 9.10. The summed E-state index contributed by atoms with van der Waals surface area (Å²) in [5.41, 5.74) is 1.01. The van der Waals surface area contributed by atoms with Gasteiger partial charge in [-0.05, 0) is 27.6 Å². The van der Waals surface area contributed by atoms with Gasteiger partial charge in [-0.1, -0.05) is 30.3 Å². The Kier molecular flexibility index (Phi) is 4.20. The van der Waals surface area contributed by atoms with Gasteiger partial charge in [0, 0.05) is 6.07 Å². The van der Waals surface area contributed by atoms with Gasteiger partial charge >= 0.3 is 0 Å². The Balaban J connectivity index is 2.18. The van der Waals surface area contributed by atoms with Gasteiger partial charge < -0.3 is 9.47 Å². The predicted octanol–water partition coefficient (Wildman–Crippen LogP) is 4.18. The third-order valence-electron chi connectivity index (χ3n) is 2.42. The summed E-state index contributed by atoms with van der Waals surface area (Å²) in [6, 6.07) is 12.3. The second kappa shape index (κ2) is 5.87. The van der Waals surface area contributed by atoms with Crippen LogP contribution in [-0.2, 0) is 6.61 Å². The summed E-state index contributed by atoms with van der Waals surface area (Å²) in [5, 5.41) is 0. The van der Waals surface area contributed by atoms with Crippen LogP contribution in [0.15, 0.2) is 46.9 Å². The molecular formula is C14H12BrFO2. The van der Waals surface area contributed by atoms with E-state index in [4.69, 9.17) is 9.47 Å². The number of hydrogen-bond donors (Lipinski definition) is 0. The third-order valence-corrected chi connectivity index (χ3v) is 3.00. The number of hydrogen-bond acceptors (Lipinski definition) is 2. The van der Waals surface area contributed by atoms with E-state index in [-0.39, 0.29) is 5.82 Å². The molecule has 0 saturated heterocycles. The lowest BCUT2D eigenvalue weighted by Gasteiger charge is -2.12. The quantitative estimate of drug-likeness (QED) is 0.843. The van der Waals surface area contributed by atoms with Gasteiger partial charge in [0.05, 0.1) is 11.6 Å². The molecule has 0 heterocycles. The minimum Gasteiger partial charge on any atom is -0.492 e. The zero-order valence-corrected chi connectivity index (χ0v) is 11.4. The zero-order chi connectivity index (χ0) is 13.0. The van der Waals surface area contributed by atoms with Gasteiger partial charge in [-0.25, -0.2) is 4.39 Å². The van der Waals surface area contributed by atoms with E-state index in [1.54, 1.807) is 0 Å². The molecule has 0 spiro atoms. The fraction of sp³-hybridized carbons (Fsp3) is 0.143. The normalized spacial score (nSPS) is 10.2. The van der Waals surface area contributed by atoms with E-state index in [9.17, 15) is 4.39 Å². The molecule has 2 aromatic carbocycles. The Morgan fingerprint density at radius 3 is 2.56 bits per heavy atom. The summed E-state index contributed by atoms with van der Waals surface area (Å²) in [6.07, 6.45) is 0. The summed E-state index contributed by atoms with van der Waals surface area (Å²) in [6.45, 7) is 0.368. The van der Waals surface area contributed by atoms with Gasteiger partial charge in [-0.15, -0.1) is 0 Å². The lowest BCUT2D eigenvalue weighted by molar-refractivity contribution is 0.282. The lowest BCUT2D eigenvalue weighted by atomic mass is 10.2. The van der Waals surface area contributed by atoms with Gasteiger partial charge in [0.25, 0.3) is 0 Å². The van der Waals surface area contributed by atoms with Crippen LogP contribution in [0.3, 0.4) is 0 Å². The number of rotatable bonds is 4. The molecule has 0 fully saturated rings. The molecule has 0 bridgehead atoms. The first-order valence-corrected chi connectivity index (χ1v) is 6.20. The molecule has 2 rings (SSSR count). The van der Waals surface area contributed by atoms with Crippen molar-refractivity contribution in [1.29, 1.82) is 0 Å². The van der Waals surface area contributed by atoms with Gasteiger partial charge in [0.15, 0.2) is 11.5 Å². The number of ether oxygens (including phenoxy) is 2. The van der Waals surface area contributed by atoms with Crippen LogP contribution in [0.25, 0.3) is 0 Å². The molecule has 94 valence electrons. The molecule has 0 N–H and O–H groups in total. The van der Waals surface area contributed by atoms with Crippen molar-refractivity contribution in [3.8, 4) is 11.5 Å². The van der Waals surface area contributed by atoms with Gasteiger partial charge in [-0.2, -0.15) is 0 Å². The van der Waals surface area contributed by atoms with Crippen molar-refractivity contribution in [1.82, 2.24) is 0 Å². The molecule has 0 aliphatic carbocycles. The van der Waals surface area contributed by atoms with Crippen molar-refractivity contribution in [2.75, 3.05) is 7.11 Å². The SMILES string of the molecule is COc1c(Br)cc(F)cc1OCc1ccccc1. The van der Waals surface area contributed by atoms with E-state index in [1.165, 1.54) is 19.2 Å². The molecule has 0 aromatic heterocycles. The van der Waals surface area contributed by atoms with Crippen molar-refractivity contribution >= 4 is 15.9 Å². The van der Waals surface area contributed by atoms with E-state index < -0.39 is 0 Å². The van der Waals surface area contributed by atoms with Gasteiger partial charge in [-0.3, -0.25) is 0 Å². The van der Waals surface area contributed by atoms with Crippen LogP contribution < -0.4 is 9.47 Å². The summed E-state index contributed by atoms with van der Waals surface area (Å²) < 4.78 is 24.6. The van der Waals surface area contributed by atoms with Crippen molar-refractivity contribution in [3.63, 3.8) is 0 Å². The Bertz CT molecular complexity index is 529. The van der Waals surface area contributed by atoms with Crippen LogP contribution in [0.2, 0.25) is 0 Å². The summed E-state index contributed by atoms with van der Waals surface area (Å²) in [4.78, 5) is 0. The lowest BCUT2D eigenvalue weighted by Crippen LogP contribution is -1.98. The molecule has 0 amide bonds. The van der Waals surface area contributed by atoms with Crippen LogP contribution >= 0.6 is 15.9 Å². The first-order valence-electron chi connectivity index (χ1n) is 5.40. The molecule has 0 atom stereocenters. The van der Waals surface area contributed by atoms with Crippen LogP contribution in [0, 0.1) is 5.82 Å². The molecule has 0 saturated carbocycles. The standard InChI is InChI=1S/C14H12BrFO2/c1-17-14-12(15)7-11(16)8-13(14)18-9-10-5-3-2-4-6-10/h2-8H,9H2,1H3. The second-order valence-corrected chi connectivity index (χ2v) is 4.55. The Morgan fingerprint density at radius 1 is 1.17 bits per heavy atom. The Labute approximate surface area is 113 Å². The number of halogens is 2. The molecule has 0 radical (unpaired) electrons. The van der Waals surface area contributed by atoms with Gasteiger partial charge in [0.2, 0.25) is 0 Å². The second-order valence-electron chi connectivity index (χ2n) is 3.69. The van der Waals surface area contributed by atoms with Crippen LogP contribution in [0.5, 0.6) is 11.5 Å². The van der Waals surface area contributed by atoms with E-state index in [2.05, 4.69) is 15.9 Å². The Morgan fingerprint density at radius 2 is 1.89 bits per heavy atom. The summed E-state index contributed by atoms with van der Waals surface area (Å²) >= 11 is 3.24. The zero-order valence-electron chi connectivity index (χ0n) is 9.82. The fourth-order valence-electron chi connectivity index (χ4n) is 1.58. The molecule has 4 heteroatoms. The fourth-order valence-corrected chi connectivity index (χ4v) is 2.15. The maximum absolute atomic E-state index is 13.3. The molecule has 0 aliphatic heterocycles. The minimum absolute atomic E-state index is 0.368. The average Bonchev–Trinajstić information content (AvgIpc) is 2.37. The molecule has 2 nitrogen and oxygen atoms in total. The van der Waals surface area contributed by atoms with Crippen LogP contribution in [-0.4, -0.2) is 7.11 Å². The smallest absolute Gasteiger partial charge is 0.175 e. The highest BCUT2D eigenvalue weighted by Crippen LogP contribution is 2.36. The van der Waals surface area contributed by atoms with E-state index in [1.807, 2.05) is 30.3 Å². The predicted molar refractivity (Wildman–Crippen MR) is 71.4 cm³/mol. The average molecular weight is 311 g/mol. The van der Waals surface area contributed by atoms with Crippen LogP contribution in [0.1, 0.15) is 5.56 Å². The van der Waals surface area contributed by atoms with Crippen LogP contribution in [0.4, 0.5) is 4.39 Å². The molecule has 0 unspecified atom stereocenters. The summed E-state index contributed by atoms with van der Waals surface area (Å²) in [7, 11) is 1.52. The van der Waals surface area contributed by atoms with Crippen molar-refractivity contribution in [2.24, 2.45) is 0 Å². The minimum atomic E-state index is -0.370.